The van der Waals surface area contributed by atoms with E-state index in [0.29, 0.717) is 28.6 Å². The lowest BCUT2D eigenvalue weighted by Crippen LogP contribution is -2.44. The molecule has 0 aliphatic carbocycles. The number of rotatable bonds is 8. The summed E-state index contributed by atoms with van der Waals surface area (Å²) < 4.78 is 10.4. The van der Waals surface area contributed by atoms with Crippen molar-refractivity contribution in [3.05, 3.63) is 52.0 Å². The van der Waals surface area contributed by atoms with E-state index in [1.165, 1.54) is 26.4 Å². The second-order valence-corrected chi connectivity index (χ2v) is 7.71. The minimum absolute atomic E-state index is 0.173. The molecule has 0 saturated carbocycles. The molecule has 2 amide bonds. The molecule has 2 rings (SSSR count). The van der Waals surface area contributed by atoms with Gasteiger partial charge in [-0.1, -0.05) is 37.0 Å². The van der Waals surface area contributed by atoms with E-state index in [9.17, 15) is 9.59 Å². The van der Waals surface area contributed by atoms with Crippen LogP contribution in [0, 0.1) is 5.92 Å². The van der Waals surface area contributed by atoms with E-state index < -0.39 is 11.9 Å². The molecule has 0 bridgehead atoms. The van der Waals surface area contributed by atoms with Crippen LogP contribution in [0.2, 0.25) is 10.0 Å². The minimum Gasteiger partial charge on any atom is -0.497 e. The molecule has 156 valence electrons. The van der Waals surface area contributed by atoms with Gasteiger partial charge in [0.15, 0.2) is 0 Å². The van der Waals surface area contributed by atoms with E-state index in [1.807, 2.05) is 13.8 Å². The first-order valence-corrected chi connectivity index (χ1v) is 9.79. The van der Waals surface area contributed by atoms with E-state index in [-0.39, 0.29) is 22.4 Å². The van der Waals surface area contributed by atoms with Crippen LogP contribution in [0.3, 0.4) is 0 Å². The van der Waals surface area contributed by atoms with Crippen molar-refractivity contribution < 1.29 is 19.1 Å². The van der Waals surface area contributed by atoms with Gasteiger partial charge in [-0.05, 0) is 30.5 Å². The fourth-order valence-electron chi connectivity index (χ4n) is 2.72. The van der Waals surface area contributed by atoms with E-state index in [4.69, 9.17) is 32.7 Å². The molecule has 8 heteroatoms. The Kier molecular flexibility index (Phi) is 8.17. The second-order valence-electron chi connectivity index (χ2n) is 6.87. The predicted molar refractivity (Wildman–Crippen MR) is 115 cm³/mol. The Morgan fingerprint density at radius 3 is 2.14 bits per heavy atom. The largest absolute Gasteiger partial charge is 0.497 e. The maximum Gasteiger partial charge on any atom is 0.253 e. The predicted octanol–water partition coefficient (Wildman–Crippen LogP) is 4.79. The number of nitrogens with one attached hydrogen (secondary N) is 2. The Hall–Kier alpha value is -2.44. The first-order valence-electron chi connectivity index (χ1n) is 9.03. The first kappa shape index (κ1) is 22.8. The van der Waals surface area contributed by atoms with Crippen molar-refractivity contribution in [1.82, 2.24) is 5.32 Å². The van der Waals surface area contributed by atoms with Crippen LogP contribution < -0.4 is 20.1 Å². The molecule has 2 N–H and O–H groups in total. The molecule has 0 saturated heterocycles. The van der Waals surface area contributed by atoms with Crippen molar-refractivity contribution in [1.29, 1.82) is 0 Å². The molecule has 2 aromatic carbocycles. The van der Waals surface area contributed by atoms with Crippen molar-refractivity contribution in [2.75, 3.05) is 19.5 Å². The van der Waals surface area contributed by atoms with Crippen LogP contribution in [-0.4, -0.2) is 32.1 Å². The van der Waals surface area contributed by atoms with Crippen LogP contribution in [0.25, 0.3) is 0 Å². The number of carbonyl (C=O) groups excluding carboxylic acids is 2. The third-order valence-electron chi connectivity index (χ3n) is 4.12. The Labute approximate surface area is 180 Å². The SMILES string of the molecule is COc1cc(NC(=O)C(CC(C)C)NC(=O)c2ccc(Cl)cc2Cl)cc(OC)c1. The number of amides is 2. The number of hydrogen-bond acceptors (Lipinski definition) is 4. The monoisotopic (exact) mass is 438 g/mol. The summed E-state index contributed by atoms with van der Waals surface area (Å²) in [7, 11) is 3.05. The van der Waals surface area contributed by atoms with Crippen LogP contribution in [-0.2, 0) is 4.79 Å². The molecule has 2 aromatic rings. The number of anilines is 1. The van der Waals surface area contributed by atoms with Crippen molar-refractivity contribution in [3.8, 4) is 11.5 Å². The number of halogens is 2. The number of carbonyl (C=O) groups is 2. The molecular formula is C21H24Cl2N2O4. The Morgan fingerprint density at radius 1 is 1.00 bits per heavy atom. The fraction of sp³-hybridized carbons (Fsp3) is 0.333. The van der Waals surface area contributed by atoms with Gasteiger partial charge in [-0.25, -0.2) is 0 Å². The van der Waals surface area contributed by atoms with Gasteiger partial charge in [0.1, 0.15) is 17.5 Å². The van der Waals surface area contributed by atoms with Crippen LogP contribution in [0.4, 0.5) is 5.69 Å². The first-order chi connectivity index (χ1) is 13.7. The minimum atomic E-state index is -0.758. The Balaban J connectivity index is 2.21. The van der Waals surface area contributed by atoms with Gasteiger partial charge in [-0.3, -0.25) is 9.59 Å². The van der Waals surface area contributed by atoms with Crippen molar-refractivity contribution in [3.63, 3.8) is 0 Å². The summed E-state index contributed by atoms with van der Waals surface area (Å²) in [6.07, 6.45) is 0.448. The molecular weight excluding hydrogens is 415 g/mol. The molecule has 0 aliphatic heterocycles. The average Bonchev–Trinajstić information content (AvgIpc) is 2.66. The Morgan fingerprint density at radius 2 is 1.62 bits per heavy atom. The van der Waals surface area contributed by atoms with Gasteiger partial charge in [0.2, 0.25) is 5.91 Å². The lowest BCUT2D eigenvalue weighted by molar-refractivity contribution is -0.118. The van der Waals surface area contributed by atoms with Crippen LogP contribution >= 0.6 is 23.2 Å². The normalized spacial score (nSPS) is 11.7. The van der Waals surface area contributed by atoms with Gasteiger partial charge >= 0.3 is 0 Å². The highest BCUT2D eigenvalue weighted by molar-refractivity contribution is 6.36. The third kappa shape index (κ3) is 6.54. The zero-order chi connectivity index (χ0) is 21.6. The number of benzene rings is 2. The average molecular weight is 439 g/mol. The van der Waals surface area contributed by atoms with E-state index in [0.717, 1.165) is 0 Å². The smallest absolute Gasteiger partial charge is 0.253 e. The van der Waals surface area contributed by atoms with Gasteiger partial charge in [0.05, 0.1) is 24.8 Å². The summed E-state index contributed by atoms with van der Waals surface area (Å²) in [5.74, 6) is 0.448. The van der Waals surface area contributed by atoms with E-state index in [2.05, 4.69) is 10.6 Å². The maximum atomic E-state index is 12.9. The van der Waals surface area contributed by atoms with Gasteiger partial charge in [-0.2, -0.15) is 0 Å². The molecule has 0 fully saturated rings. The fourth-order valence-corrected chi connectivity index (χ4v) is 3.22. The molecule has 0 radical (unpaired) electrons. The summed E-state index contributed by atoms with van der Waals surface area (Å²) in [6.45, 7) is 3.94. The molecule has 0 heterocycles. The highest BCUT2D eigenvalue weighted by Crippen LogP contribution is 2.26. The lowest BCUT2D eigenvalue weighted by Gasteiger charge is -2.21. The second kappa shape index (κ2) is 10.4. The number of hydrogen-bond donors (Lipinski definition) is 2. The zero-order valence-electron chi connectivity index (χ0n) is 16.7. The number of ether oxygens (including phenoxy) is 2. The summed E-state index contributed by atoms with van der Waals surface area (Å²) in [5.41, 5.74) is 0.749. The highest BCUT2D eigenvalue weighted by Gasteiger charge is 2.24. The van der Waals surface area contributed by atoms with E-state index >= 15 is 0 Å². The van der Waals surface area contributed by atoms with Crippen molar-refractivity contribution in [2.24, 2.45) is 5.92 Å². The third-order valence-corrected chi connectivity index (χ3v) is 4.67. The summed E-state index contributed by atoms with van der Waals surface area (Å²) in [4.78, 5) is 25.6. The highest BCUT2D eigenvalue weighted by atomic mass is 35.5. The van der Waals surface area contributed by atoms with Gasteiger partial charge in [0, 0.05) is 28.9 Å². The summed E-state index contributed by atoms with van der Waals surface area (Å²) >= 11 is 12.0. The molecule has 29 heavy (non-hydrogen) atoms. The molecule has 0 aromatic heterocycles. The van der Waals surface area contributed by atoms with Crippen LogP contribution in [0.5, 0.6) is 11.5 Å². The van der Waals surface area contributed by atoms with Crippen molar-refractivity contribution >= 4 is 40.7 Å². The Bertz CT molecular complexity index is 865. The molecule has 1 atom stereocenters. The molecule has 0 aliphatic rings. The summed E-state index contributed by atoms with van der Waals surface area (Å²) in [5, 5.41) is 6.22. The van der Waals surface area contributed by atoms with Gasteiger partial charge in [0.25, 0.3) is 5.91 Å². The topological polar surface area (TPSA) is 76.7 Å². The van der Waals surface area contributed by atoms with Crippen LogP contribution in [0.1, 0.15) is 30.6 Å². The standard InChI is InChI=1S/C21H24Cl2N2O4/c1-12(2)7-19(25-20(26)17-6-5-13(22)8-18(17)23)21(27)24-14-9-15(28-3)11-16(10-14)29-4/h5-6,8-12,19H,7H2,1-4H3,(H,24,27)(H,25,26). The lowest BCUT2D eigenvalue weighted by atomic mass is 10.0. The van der Waals surface area contributed by atoms with Gasteiger partial charge in [-0.15, -0.1) is 0 Å². The maximum absolute atomic E-state index is 12.9. The van der Waals surface area contributed by atoms with Crippen LogP contribution in [0.15, 0.2) is 36.4 Å². The van der Waals surface area contributed by atoms with Gasteiger partial charge < -0.3 is 20.1 Å². The molecule has 0 spiro atoms. The van der Waals surface area contributed by atoms with Crippen molar-refractivity contribution in [2.45, 2.75) is 26.3 Å². The quantitative estimate of drug-likeness (QED) is 0.620. The summed E-state index contributed by atoms with van der Waals surface area (Å²) in [6, 6.07) is 8.87. The zero-order valence-corrected chi connectivity index (χ0v) is 18.2. The molecule has 6 nitrogen and oxygen atoms in total. The molecule has 1 unspecified atom stereocenters. The van der Waals surface area contributed by atoms with E-state index in [1.54, 1.807) is 24.3 Å². The number of methoxy groups -OCH3 is 2.